The highest BCUT2D eigenvalue weighted by atomic mass is 16.5. The van der Waals surface area contributed by atoms with Gasteiger partial charge in [0.25, 0.3) is 5.95 Å². The SMILES string of the molecule is CCC(=C(O)O)C(CC)c1ccc(OC)cc1. The third-order valence-electron chi connectivity index (χ3n) is 3.02. The van der Waals surface area contributed by atoms with Crippen molar-refractivity contribution in [2.45, 2.75) is 32.6 Å². The molecule has 0 aliphatic heterocycles. The quantitative estimate of drug-likeness (QED) is 0.762. The van der Waals surface area contributed by atoms with Gasteiger partial charge in [0.1, 0.15) is 5.75 Å². The van der Waals surface area contributed by atoms with Crippen molar-refractivity contribution in [3.63, 3.8) is 0 Å². The number of methoxy groups -OCH3 is 1. The molecule has 1 unspecified atom stereocenters. The standard InChI is InChI=1S/C14H20O3/c1-4-12(13(5-2)14(15)16)10-6-8-11(17-3)9-7-10/h6-9,12,15-16H,4-5H2,1-3H3. The number of aliphatic hydroxyl groups excluding tert-OH is 1. The molecule has 0 spiro atoms. The monoisotopic (exact) mass is 236 g/mol. The Morgan fingerprint density at radius 2 is 1.76 bits per heavy atom. The van der Waals surface area contributed by atoms with Gasteiger partial charge in [-0.1, -0.05) is 26.0 Å². The summed E-state index contributed by atoms with van der Waals surface area (Å²) in [6, 6.07) is 7.70. The first-order valence-electron chi connectivity index (χ1n) is 5.88. The number of hydrogen-bond donors (Lipinski definition) is 2. The summed E-state index contributed by atoms with van der Waals surface area (Å²) in [4.78, 5) is 0. The predicted molar refractivity (Wildman–Crippen MR) is 68.6 cm³/mol. The second-order valence-corrected chi connectivity index (χ2v) is 3.94. The molecule has 0 bridgehead atoms. The molecule has 0 fully saturated rings. The van der Waals surface area contributed by atoms with Gasteiger partial charge >= 0.3 is 0 Å². The van der Waals surface area contributed by atoms with Crippen molar-refractivity contribution < 1.29 is 14.9 Å². The highest BCUT2D eigenvalue weighted by Crippen LogP contribution is 2.31. The fraction of sp³-hybridized carbons (Fsp3) is 0.429. The molecule has 1 aromatic rings. The molecule has 1 atom stereocenters. The Morgan fingerprint density at radius 1 is 1.18 bits per heavy atom. The van der Waals surface area contributed by atoms with E-state index >= 15 is 0 Å². The Balaban J connectivity index is 3.05. The third kappa shape index (κ3) is 3.16. The molecule has 0 heterocycles. The summed E-state index contributed by atoms with van der Waals surface area (Å²) in [6.07, 6.45) is 1.47. The zero-order valence-corrected chi connectivity index (χ0v) is 10.6. The van der Waals surface area contributed by atoms with Crippen LogP contribution < -0.4 is 4.74 Å². The van der Waals surface area contributed by atoms with Crippen LogP contribution in [-0.4, -0.2) is 17.3 Å². The molecular formula is C14H20O3. The second-order valence-electron chi connectivity index (χ2n) is 3.94. The van der Waals surface area contributed by atoms with Crippen molar-refractivity contribution in [2.75, 3.05) is 7.11 Å². The van der Waals surface area contributed by atoms with Crippen LogP contribution in [0.2, 0.25) is 0 Å². The van der Waals surface area contributed by atoms with Crippen LogP contribution in [0.15, 0.2) is 35.8 Å². The van der Waals surface area contributed by atoms with Crippen LogP contribution in [0.1, 0.15) is 38.2 Å². The van der Waals surface area contributed by atoms with Gasteiger partial charge in [-0.15, -0.1) is 0 Å². The van der Waals surface area contributed by atoms with E-state index in [-0.39, 0.29) is 5.92 Å². The summed E-state index contributed by atoms with van der Waals surface area (Å²) < 4.78 is 5.11. The largest absolute Gasteiger partial charge is 0.497 e. The van der Waals surface area contributed by atoms with Crippen molar-refractivity contribution in [1.82, 2.24) is 0 Å². The number of allylic oxidation sites excluding steroid dienone is 1. The predicted octanol–water partition coefficient (Wildman–Crippen LogP) is 3.93. The van der Waals surface area contributed by atoms with E-state index in [4.69, 9.17) is 4.74 Å². The zero-order valence-electron chi connectivity index (χ0n) is 10.6. The molecule has 94 valence electrons. The van der Waals surface area contributed by atoms with Crippen molar-refractivity contribution in [2.24, 2.45) is 0 Å². The van der Waals surface area contributed by atoms with E-state index in [1.165, 1.54) is 0 Å². The molecule has 17 heavy (non-hydrogen) atoms. The highest BCUT2D eigenvalue weighted by molar-refractivity contribution is 5.34. The van der Waals surface area contributed by atoms with E-state index in [1.54, 1.807) is 7.11 Å². The minimum atomic E-state index is -0.546. The third-order valence-corrected chi connectivity index (χ3v) is 3.02. The van der Waals surface area contributed by atoms with Gasteiger partial charge < -0.3 is 14.9 Å². The fourth-order valence-electron chi connectivity index (χ4n) is 2.08. The summed E-state index contributed by atoms with van der Waals surface area (Å²) in [5.41, 5.74) is 1.75. The Labute approximate surface area is 102 Å². The number of aliphatic hydroxyl groups is 2. The van der Waals surface area contributed by atoms with Gasteiger partial charge in [0.05, 0.1) is 7.11 Å². The Bertz CT molecular complexity index is 375. The van der Waals surface area contributed by atoms with E-state index in [1.807, 2.05) is 38.1 Å². The molecule has 0 amide bonds. The Kier molecular flexibility index (Phi) is 4.88. The molecule has 1 aromatic carbocycles. The van der Waals surface area contributed by atoms with E-state index in [2.05, 4.69) is 0 Å². The molecule has 0 radical (unpaired) electrons. The second kappa shape index (κ2) is 6.18. The van der Waals surface area contributed by atoms with Crippen molar-refractivity contribution in [1.29, 1.82) is 0 Å². The van der Waals surface area contributed by atoms with Gasteiger partial charge in [-0.05, 0) is 30.5 Å². The molecule has 3 nitrogen and oxygen atoms in total. The lowest BCUT2D eigenvalue weighted by atomic mass is 9.88. The average molecular weight is 236 g/mol. The van der Waals surface area contributed by atoms with Crippen molar-refractivity contribution >= 4 is 0 Å². The molecule has 1 rings (SSSR count). The Hall–Kier alpha value is -1.64. The van der Waals surface area contributed by atoms with Crippen LogP contribution in [0.3, 0.4) is 0 Å². The first-order valence-corrected chi connectivity index (χ1v) is 5.88. The Morgan fingerprint density at radius 3 is 2.12 bits per heavy atom. The molecule has 3 heteroatoms. The lowest BCUT2D eigenvalue weighted by Crippen LogP contribution is -2.04. The maximum atomic E-state index is 9.29. The van der Waals surface area contributed by atoms with Crippen LogP contribution in [0.25, 0.3) is 0 Å². The van der Waals surface area contributed by atoms with Gasteiger partial charge in [-0.25, -0.2) is 0 Å². The van der Waals surface area contributed by atoms with E-state index < -0.39 is 5.95 Å². The number of ether oxygens (including phenoxy) is 1. The maximum Gasteiger partial charge on any atom is 0.273 e. The fourth-order valence-corrected chi connectivity index (χ4v) is 2.08. The first kappa shape index (κ1) is 13.4. The van der Waals surface area contributed by atoms with Crippen molar-refractivity contribution in [3.05, 3.63) is 41.3 Å². The zero-order chi connectivity index (χ0) is 12.8. The van der Waals surface area contributed by atoms with Gasteiger partial charge in [0.15, 0.2) is 0 Å². The van der Waals surface area contributed by atoms with Crippen LogP contribution >= 0.6 is 0 Å². The first-order chi connectivity index (χ1) is 8.13. The minimum Gasteiger partial charge on any atom is -0.497 e. The lowest BCUT2D eigenvalue weighted by molar-refractivity contribution is 0.180. The molecule has 0 aromatic heterocycles. The van der Waals surface area contributed by atoms with E-state index in [9.17, 15) is 10.2 Å². The molecule has 0 saturated carbocycles. The number of benzene rings is 1. The summed E-state index contributed by atoms with van der Waals surface area (Å²) in [5.74, 6) is 0.310. The maximum absolute atomic E-state index is 9.29. The molecule has 2 N–H and O–H groups in total. The summed E-state index contributed by atoms with van der Waals surface area (Å²) in [5, 5.41) is 18.6. The van der Waals surface area contributed by atoms with Gasteiger partial charge in [-0.2, -0.15) is 0 Å². The highest BCUT2D eigenvalue weighted by Gasteiger charge is 2.17. The number of rotatable bonds is 5. The van der Waals surface area contributed by atoms with Gasteiger partial charge in [0, 0.05) is 11.5 Å². The summed E-state index contributed by atoms with van der Waals surface area (Å²) >= 11 is 0. The van der Waals surface area contributed by atoms with Crippen LogP contribution in [0, 0.1) is 0 Å². The summed E-state index contributed by atoms with van der Waals surface area (Å²) in [6.45, 7) is 3.96. The van der Waals surface area contributed by atoms with E-state index in [0.29, 0.717) is 12.0 Å². The minimum absolute atomic E-state index is 0.0518. The lowest BCUT2D eigenvalue weighted by Gasteiger charge is -2.18. The van der Waals surface area contributed by atoms with Gasteiger partial charge in [-0.3, -0.25) is 0 Å². The van der Waals surface area contributed by atoms with Crippen LogP contribution in [-0.2, 0) is 0 Å². The molecular weight excluding hydrogens is 216 g/mol. The van der Waals surface area contributed by atoms with Crippen LogP contribution in [0.4, 0.5) is 0 Å². The smallest absolute Gasteiger partial charge is 0.273 e. The van der Waals surface area contributed by atoms with Crippen molar-refractivity contribution in [3.8, 4) is 5.75 Å². The van der Waals surface area contributed by atoms with Gasteiger partial charge in [0.2, 0.25) is 0 Å². The molecule has 0 aliphatic rings. The summed E-state index contributed by atoms with van der Waals surface area (Å²) in [7, 11) is 1.63. The average Bonchev–Trinajstić information content (AvgIpc) is 2.35. The number of hydrogen-bond acceptors (Lipinski definition) is 3. The van der Waals surface area contributed by atoms with E-state index in [0.717, 1.165) is 17.7 Å². The molecule has 0 aliphatic carbocycles. The van der Waals surface area contributed by atoms with Crippen LogP contribution in [0.5, 0.6) is 5.75 Å². The molecule has 0 saturated heterocycles. The normalized spacial score (nSPS) is 11.9. The topological polar surface area (TPSA) is 49.7 Å².